The zero-order valence-corrected chi connectivity index (χ0v) is 13.1. The van der Waals surface area contributed by atoms with E-state index in [-0.39, 0.29) is 10.8 Å². The van der Waals surface area contributed by atoms with Gasteiger partial charge >= 0.3 is 12.0 Å². The minimum absolute atomic E-state index is 0.0161. The van der Waals surface area contributed by atoms with Gasteiger partial charge in [-0.05, 0) is 31.0 Å². The van der Waals surface area contributed by atoms with Crippen LogP contribution in [0.4, 0.5) is 10.5 Å². The lowest BCUT2D eigenvalue weighted by molar-refractivity contribution is 0.0697. The van der Waals surface area contributed by atoms with E-state index >= 15 is 0 Å². The predicted molar refractivity (Wildman–Crippen MR) is 83.3 cm³/mol. The summed E-state index contributed by atoms with van der Waals surface area (Å²) in [5.74, 6) is -1.04. The van der Waals surface area contributed by atoms with Gasteiger partial charge in [0.2, 0.25) is 0 Å². The number of urea groups is 1. The van der Waals surface area contributed by atoms with E-state index in [0.717, 1.165) is 5.56 Å². The van der Waals surface area contributed by atoms with Crippen LogP contribution in [-0.4, -0.2) is 39.4 Å². The van der Waals surface area contributed by atoms with Crippen LogP contribution < -0.4 is 10.6 Å². The number of amides is 2. The molecule has 0 heterocycles. The molecule has 21 heavy (non-hydrogen) atoms. The van der Waals surface area contributed by atoms with E-state index in [4.69, 9.17) is 5.11 Å². The lowest BCUT2D eigenvalue weighted by Gasteiger charge is -2.12. The van der Waals surface area contributed by atoms with Crippen LogP contribution in [-0.2, 0) is 10.8 Å². The number of carboxylic acids is 1. The fraction of sp³-hybridized carbons (Fsp3) is 0.429. The van der Waals surface area contributed by atoms with Crippen LogP contribution >= 0.6 is 0 Å². The van der Waals surface area contributed by atoms with E-state index in [0.29, 0.717) is 18.7 Å². The molecule has 2 unspecified atom stereocenters. The van der Waals surface area contributed by atoms with E-state index < -0.39 is 22.8 Å². The second kappa shape index (κ2) is 7.78. The van der Waals surface area contributed by atoms with Crippen LogP contribution in [0.2, 0.25) is 0 Å². The number of rotatable bonds is 6. The lowest BCUT2D eigenvalue weighted by atomic mass is 10.1. The first kappa shape index (κ1) is 17.2. The first-order chi connectivity index (χ1) is 9.81. The molecular weight excluding hydrogens is 292 g/mol. The highest BCUT2D eigenvalue weighted by Crippen LogP contribution is 2.16. The number of aromatic carboxylic acids is 1. The summed E-state index contributed by atoms with van der Waals surface area (Å²) in [6, 6.07) is 4.14. The largest absolute Gasteiger partial charge is 0.478 e. The van der Waals surface area contributed by atoms with Gasteiger partial charge in [0.05, 0.1) is 5.56 Å². The van der Waals surface area contributed by atoms with Gasteiger partial charge in [-0.25, -0.2) is 9.59 Å². The number of carbonyl (C=O) groups excluding carboxylic acids is 1. The smallest absolute Gasteiger partial charge is 0.335 e. The third-order valence-electron chi connectivity index (χ3n) is 3.14. The Kier molecular flexibility index (Phi) is 6.36. The second-order valence-corrected chi connectivity index (χ2v) is 6.62. The average molecular weight is 312 g/mol. The monoisotopic (exact) mass is 312 g/mol. The maximum absolute atomic E-state index is 11.8. The van der Waals surface area contributed by atoms with E-state index in [1.54, 1.807) is 19.2 Å². The summed E-state index contributed by atoms with van der Waals surface area (Å²) in [5, 5.41) is 14.2. The van der Waals surface area contributed by atoms with Gasteiger partial charge in [-0.1, -0.05) is 13.0 Å². The maximum Gasteiger partial charge on any atom is 0.335 e. The molecule has 0 aliphatic rings. The molecule has 2 atom stereocenters. The van der Waals surface area contributed by atoms with Gasteiger partial charge < -0.3 is 15.7 Å². The minimum Gasteiger partial charge on any atom is -0.478 e. The van der Waals surface area contributed by atoms with Crippen LogP contribution in [0.5, 0.6) is 0 Å². The van der Waals surface area contributed by atoms with E-state index in [1.165, 1.54) is 12.1 Å². The Morgan fingerprint density at radius 1 is 1.38 bits per heavy atom. The minimum atomic E-state index is -1.04. The topological polar surface area (TPSA) is 95.5 Å². The van der Waals surface area contributed by atoms with Crippen molar-refractivity contribution in [1.29, 1.82) is 0 Å². The van der Waals surface area contributed by atoms with Crippen LogP contribution in [0, 0.1) is 6.92 Å². The summed E-state index contributed by atoms with van der Waals surface area (Å²) >= 11 is 0. The van der Waals surface area contributed by atoms with Crippen molar-refractivity contribution in [2.45, 2.75) is 25.5 Å². The first-order valence-electron chi connectivity index (χ1n) is 6.52. The van der Waals surface area contributed by atoms with Crippen LogP contribution in [0.1, 0.15) is 29.3 Å². The van der Waals surface area contributed by atoms with E-state index in [2.05, 4.69) is 10.6 Å². The van der Waals surface area contributed by atoms with Crippen LogP contribution in [0.25, 0.3) is 0 Å². The zero-order valence-electron chi connectivity index (χ0n) is 12.3. The first-order valence-corrected chi connectivity index (χ1v) is 8.14. The molecule has 0 aliphatic heterocycles. The average Bonchev–Trinajstić information content (AvgIpc) is 2.40. The normalized spacial score (nSPS) is 13.3. The molecule has 0 aliphatic carbocycles. The quantitative estimate of drug-likeness (QED) is 0.748. The van der Waals surface area contributed by atoms with Gasteiger partial charge in [0.15, 0.2) is 0 Å². The molecule has 0 spiro atoms. The number of anilines is 1. The van der Waals surface area contributed by atoms with Crippen molar-refractivity contribution in [3.05, 3.63) is 29.3 Å². The predicted octanol–water partition coefficient (Wildman–Crippen LogP) is 1.97. The van der Waals surface area contributed by atoms with Gasteiger partial charge in [0.25, 0.3) is 0 Å². The number of nitrogens with one attached hydrogen (secondary N) is 2. The number of carboxylic acid groups (broad SMARTS) is 1. The number of benzene rings is 1. The van der Waals surface area contributed by atoms with Gasteiger partial charge in [0, 0.05) is 34.5 Å². The Hall–Kier alpha value is -1.89. The zero-order chi connectivity index (χ0) is 16.0. The summed E-state index contributed by atoms with van der Waals surface area (Å²) in [6.07, 6.45) is 2.25. The molecule has 0 radical (unpaired) electrons. The maximum atomic E-state index is 11.8. The van der Waals surface area contributed by atoms with Crippen LogP contribution in [0.15, 0.2) is 18.2 Å². The highest BCUT2D eigenvalue weighted by atomic mass is 32.2. The molecule has 0 aromatic heterocycles. The van der Waals surface area contributed by atoms with Crippen molar-refractivity contribution in [3.8, 4) is 0 Å². The van der Waals surface area contributed by atoms with Crippen molar-refractivity contribution in [1.82, 2.24) is 5.32 Å². The van der Waals surface area contributed by atoms with Gasteiger partial charge in [0.1, 0.15) is 0 Å². The standard InChI is InChI=1S/C14H20N2O4S/c1-9-4-5-11(13(17)18)8-12(9)16-14(19)15-7-6-10(2)21(3)20/h4-5,8,10H,6-7H2,1-3H3,(H,17,18)(H2,15,16,19). The molecule has 2 amide bonds. The van der Waals surface area contributed by atoms with Crippen molar-refractivity contribution in [2.75, 3.05) is 18.1 Å². The van der Waals surface area contributed by atoms with Crippen molar-refractivity contribution < 1.29 is 18.9 Å². The van der Waals surface area contributed by atoms with Crippen LogP contribution in [0.3, 0.4) is 0 Å². The highest BCUT2D eigenvalue weighted by Gasteiger charge is 2.10. The molecule has 7 heteroatoms. The summed E-state index contributed by atoms with van der Waals surface area (Å²) < 4.78 is 11.2. The third-order valence-corrected chi connectivity index (χ3v) is 4.50. The summed E-state index contributed by atoms with van der Waals surface area (Å²) in [7, 11) is -0.912. The molecule has 1 rings (SSSR count). The molecule has 6 nitrogen and oxygen atoms in total. The molecule has 1 aromatic rings. The highest BCUT2D eigenvalue weighted by molar-refractivity contribution is 7.84. The number of aryl methyl sites for hydroxylation is 1. The Morgan fingerprint density at radius 2 is 2.05 bits per heavy atom. The lowest BCUT2D eigenvalue weighted by Crippen LogP contribution is -2.31. The molecule has 116 valence electrons. The summed E-state index contributed by atoms with van der Waals surface area (Å²) in [4.78, 5) is 22.7. The summed E-state index contributed by atoms with van der Waals surface area (Å²) in [6.45, 7) is 4.05. The molecule has 3 N–H and O–H groups in total. The Labute approximate surface area is 126 Å². The van der Waals surface area contributed by atoms with Gasteiger partial charge in [-0.2, -0.15) is 0 Å². The Morgan fingerprint density at radius 3 is 2.62 bits per heavy atom. The third kappa shape index (κ3) is 5.55. The van der Waals surface area contributed by atoms with E-state index in [9.17, 15) is 13.8 Å². The van der Waals surface area contributed by atoms with Crippen molar-refractivity contribution in [2.24, 2.45) is 0 Å². The van der Waals surface area contributed by atoms with Crippen molar-refractivity contribution >= 4 is 28.5 Å². The molecule has 0 saturated heterocycles. The molecule has 0 saturated carbocycles. The molecule has 1 aromatic carbocycles. The molecule has 0 bridgehead atoms. The van der Waals surface area contributed by atoms with Crippen molar-refractivity contribution in [3.63, 3.8) is 0 Å². The molecular formula is C14H20N2O4S. The number of hydrogen-bond acceptors (Lipinski definition) is 3. The van der Waals surface area contributed by atoms with Gasteiger partial charge in [-0.15, -0.1) is 0 Å². The summed E-state index contributed by atoms with van der Waals surface area (Å²) in [5.41, 5.74) is 1.35. The number of hydrogen-bond donors (Lipinski definition) is 3. The number of carbonyl (C=O) groups is 2. The Balaban J connectivity index is 2.57. The van der Waals surface area contributed by atoms with Gasteiger partial charge in [-0.3, -0.25) is 4.21 Å². The second-order valence-electron chi connectivity index (χ2n) is 4.81. The fourth-order valence-corrected chi connectivity index (χ4v) is 2.06. The molecule has 0 fully saturated rings. The SMILES string of the molecule is Cc1ccc(C(=O)O)cc1NC(=O)NCCC(C)S(C)=O. The van der Waals surface area contributed by atoms with E-state index in [1.807, 2.05) is 6.92 Å². The fourth-order valence-electron chi connectivity index (χ4n) is 1.61. The Bertz CT molecular complexity index is 560.